The molecule has 1 aromatic rings. The molecule has 0 saturated carbocycles. The van der Waals surface area contributed by atoms with Crippen LogP contribution in [0.15, 0.2) is 55.1 Å². The van der Waals surface area contributed by atoms with Crippen LogP contribution < -0.4 is 4.74 Å². The van der Waals surface area contributed by atoms with Gasteiger partial charge in [0.1, 0.15) is 17.9 Å². The molecule has 1 amide bonds. The molecule has 0 bridgehead atoms. The Kier molecular flexibility index (Phi) is 5.18. The van der Waals surface area contributed by atoms with E-state index in [1.807, 2.05) is 6.07 Å². The first-order chi connectivity index (χ1) is 11.0. The maximum absolute atomic E-state index is 12.2. The smallest absolute Gasteiger partial charge is 0.335 e. The van der Waals surface area contributed by atoms with Crippen molar-refractivity contribution in [2.24, 2.45) is 0 Å². The Labute approximate surface area is 134 Å². The van der Waals surface area contributed by atoms with Crippen LogP contribution in [0.4, 0.5) is 0 Å². The molecule has 122 valence electrons. The minimum Gasteiger partial charge on any atom is -0.478 e. The van der Waals surface area contributed by atoms with Gasteiger partial charge in [-0.1, -0.05) is 30.9 Å². The fourth-order valence-electron chi connectivity index (χ4n) is 2.45. The molecular formula is C17H19NO5. The summed E-state index contributed by atoms with van der Waals surface area (Å²) < 4.78 is 10.2. The molecule has 6 nitrogen and oxygen atoms in total. The van der Waals surface area contributed by atoms with E-state index in [0.29, 0.717) is 5.75 Å². The average molecular weight is 317 g/mol. The van der Waals surface area contributed by atoms with Gasteiger partial charge in [0, 0.05) is 6.54 Å². The maximum Gasteiger partial charge on any atom is 0.335 e. The molecule has 6 heteroatoms. The number of aliphatic hydroxyl groups is 1. The molecule has 1 saturated heterocycles. The summed E-state index contributed by atoms with van der Waals surface area (Å²) in [7, 11) is 1.20. The Bertz CT molecular complexity index is 613. The highest BCUT2D eigenvalue weighted by Crippen LogP contribution is 2.30. The Morgan fingerprint density at radius 1 is 1.43 bits per heavy atom. The monoisotopic (exact) mass is 317 g/mol. The molecule has 1 aliphatic rings. The lowest BCUT2D eigenvalue weighted by molar-refractivity contribution is -0.170. The lowest BCUT2D eigenvalue weighted by atomic mass is 9.88. The van der Waals surface area contributed by atoms with E-state index < -0.39 is 24.2 Å². The standard InChI is InChI=1S/C17H19NO5/c1-4-10-18-13(14(19)11(2)17(21)22-3)15(16(18)20)23-12-8-6-5-7-9-12/h4-9,13-15,19H,1-2,10H2,3H3/t13-,14+,15+/m0/s1. The number of carbonyl (C=O) groups is 2. The van der Waals surface area contributed by atoms with Crippen LogP contribution in [-0.4, -0.2) is 53.8 Å². The lowest BCUT2D eigenvalue weighted by Crippen LogP contribution is -2.71. The van der Waals surface area contributed by atoms with Crippen LogP contribution in [0.1, 0.15) is 0 Å². The molecule has 1 aromatic carbocycles. The van der Waals surface area contributed by atoms with Gasteiger partial charge in [0.25, 0.3) is 5.91 Å². The highest BCUT2D eigenvalue weighted by atomic mass is 16.5. The van der Waals surface area contributed by atoms with Crippen LogP contribution >= 0.6 is 0 Å². The topological polar surface area (TPSA) is 76.1 Å². The number of nitrogens with zero attached hydrogens (tertiary/aromatic N) is 1. The number of likely N-dealkylation sites (tertiary alicyclic amines) is 1. The number of benzene rings is 1. The zero-order valence-electron chi connectivity index (χ0n) is 12.8. The number of para-hydroxylation sites is 1. The third kappa shape index (κ3) is 3.27. The van der Waals surface area contributed by atoms with Crippen molar-refractivity contribution < 1.29 is 24.2 Å². The summed E-state index contributed by atoms with van der Waals surface area (Å²) in [6.07, 6.45) is -0.639. The van der Waals surface area contributed by atoms with Gasteiger partial charge in [0.15, 0.2) is 6.10 Å². The van der Waals surface area contributed by atoms with Gasteiger partial charge in [0.2, 0.25) is 0 Å². The quantitative estimate of drug-likeness (QED) is 0.350. The molecule has 0 aromatic heterocycles. The number of ether oxygens (including phenoxy) is 2. The molecule has 0 unspecified atom stereocenters. The molecule has 3 atom stereocenters. The van der Waals surface area contributed by atoms with Crippen molar-refractivity contribution in [3.63, 3.8) is 0 Å². The molecule has 1 fully saturated rings. The summed E-state index contributed by atoms with van der Waals surface area (Å²) in [5.74, 6) is -0.505. The van der Waals surface area contributed by atoms with Crippen molar-refractivity contribution >= 4 is 11.9 Å². The van der Waals surface area contributed by atoms with Gasteiger partial charge in [-0.05, 0) is 12.1 Å². The number of hydrogen-bond donors (Lipinski definition) is 1. The van der Waals surface area contributed by atoms with Gasteiger partial charge in [-0.2, -0.15) is 0 Å². The zero-order valence-corrected chi connectivity index (χ0v) is 12.8. The summed E-state index contributed by atoms with van der Waals surface area (Å²) in [5.41, 5.74) is -0.124. The van der Waals surface area contributed by atoms with E-state index >= 15 is 0 Å². The molecule has 0 radical (unpaired) electrons. The van der Waals surface area contributed by atoms with Gasteiger partial charge in [0.05, 0.1) is 12.7 Å². The number of carbonyl (C=O) groups excluding carboxylic acids is 2. The normalized spacial score (nSPS) is 21.1. The summed E-state index contributed by atoms with van der Waals surface area (Å²) in [5, 5.41) is 10.4. The van der Waals surface area contributed by atoms with E-state index in [0.717, 1.165) is 0 Å². The highest BCUT2D eigenvalue weighted by molar-refractivity contribution is 5.92. The van der Waals surface area contributed by atoms with Crippen molar-refractivity contribution in [1.29, 1.82) is 0 Å². The van der Waals surface area contributed by atoms with E-state index in [1.54, 1.807) is 24.3 Å². The van der Waals surface area contributed by atoms with Crippen LogP contribution in [0.5, 0.6) is 5.75 Å². The van der Waals surface area contributed by atoms with Crippen molar-refractivity contribution in [3.8, 4) is 5.75 Å². The minimum absolute atomic E-state index is 0.124. The van der Waals surface area contributed by atoms with Gasteiger partial charge >= 0.3 is 5.97 Å². The van der Waals surface area contributed by atoms with Gasteiger partial charge in [-0.3, -0.25) is 4.79 Å². The SMILES string of the molecule is C=CCN1C(=O)[C@H](Oc2ccccc2)[C@@H]1[C@H](O)C(=C)C(=O)OC. The predicted molar refractivity (Wildman–Crippen MR) is 83.7 cm³/mol. The van der Waals surface area contributed by atoms with Crippen LogP contribution in [0.2, 0.25) is 0 Å². The number of rotatable bonds is 7. The second-order valence-electron chi connectivity index (χ2n) is 5.08. The molecule has 0 spiro atoms. The number of esters is 1. The zero-order chi connectivity index (χ0) is 17.0. The first-order valence-corrected chi connectivity index (χ1v) is 7.09. The molecule has 2 rings (SSSR count). The first kappa shape index (κ1) is 16.8. The predicted octanol–water partition coefficient (Wildman–Crippen LogP) is 0.921. The Hall–Kier alpha value is -2.60. The van der Waals surface area contributed by atoms with Crippen LogP contribution in [0.3, 0.4) is 0 Å². The van der Waals surface area contributed by atoms with E-state index in [1.165, 1.54) is 18.1 Å². The van der Waals surface area contributed by atoms with E-state index in [4.69, 9.17) is 4.74 Å². The van der Waals surface area contributed by atoms with Crippen molar-refractivity contribution in [2.45, 2.75) is 18.2 Å². The van der Waals surface area contributed by atoms with Gasteiger partial charge in [-0.25, -0.2) is 4.79 Å². The fraction of sp³-hybridized carbons (Fsp3) is 0.294. The molecule has 0 aliphatic carbocycles. The van der Waals surface area contributed by atoms with E-state index in [2.05, 4.69) is 17.9 Å². The van der Waals surface area contributed by atoms with Crippen molar-refractivity contribution in [1.82, 2.24) is 4.90 Å². The summed E-state index contributed by atoms with van der Waals surface area (Å²) in [4.78, 5) is 25.2. The molecule has 1 heterocycles. The maximum atomic E-state index is 12.2. The minimum atomic E-state index is -1.28. The summed E-state index contributed by atoms with van der Waals surface area (Å²) >= 11 is 0. The number of hydrogen-bond acceptors (Lipinski definition) is 5. The molecular weight excluding hydrogens is 298 g/mol. The van der Waals surface area contributed by atoms with Crippen LogP contribution in [0.25, 0.3) is 0 Å². The Morgan fingerprint density at radius 2 is 2.09 bits per heavy atom. The second kappa shape index (κ2) is 7.11. The second-order valence-corrected chi connectivity index (χ2v) is 5.08. The molecule has 1 N–H and O–H groups in total. The first-order valence-electron chi connectivity index (χ1n) is 7.09. The summed E-state index contributed by atoms with van der Waals surface area (Å²) in [6, 6.07) is 8.07. The number of methoxy groups -OCH3 is 1. The molecule has 1 aliphatic heterocycles. The van der Waals surface area contributed by atoms with E-state index in [9.17, 15) is 14.7 Å². The number of amides is 1. The summed E-state index contributed by atoms with van der Waals surface area (Å²) in [6.45, 7) is 7.37. The van der Waals surface area contributed by atoms with Gasteiger partial charge < -0.3 is 19.5 Å². The Balaban J connectivity index is 2.19. The largest absolute Gasteiger partial charge is 0.478 e. The van der Waals surface area contributed by atoms with Crippen molar-refractivity contribution in [3.05, 3.63) is 55.1 Å². The fourth-order valence-corrected chi connectivity index (χ4v) is 2.45. The molecule has 23 heavy (non-hydrogen) atoms. The third-order valence-electron chi connectivity index (χ3n) is 3.66. The highest BCUT2D eigenvalue weighted by Gasteiger charge is 2.53. The average Bonchev–Trinajstić information content (AvgIpc) is 2.59. The van der Waals surface area contributed by atoms with Crippen molar-refractivity contribution in [2.75, 3.05) is 13.7 Å². The third-order valence-corrected chi connectivity index (χ3v) is 3.66. The lowest BCUT2D eigenvalue weighted by Gasteiger charge is -2.48. The number of β-lactam (4-membered cyclic amide) rings is 1. The van der Waals surface area contributed by atoms with Gasteiger partial charge in [-0.15, -0.1) is 6.58 Å². The van der Waals surface area contributed by atoms with Crippen LogP contribution in [0, 0.1) is 0 Å². The number of aliphatic hydroxyl groups excluding tert-OH is 1. The van der Waals surface area contributed by atoms with E-state index in [-0.39, 0.29) is 18.0 Å². The van der Waals surface area contributed by atoms with Crippen LogP contribution in [-0.2, 0) is 14.3 Å². The Morgan fingerprint density at radius 3 is 2.65 bits per heavy atom.